The van der Waals surface area contributed by atoms with E-state index < -0.39 is 0 Å². The molecule has 122 valence electrons. The van der Waals surface area contributed by atoms with E-state index in [-0.39, 0.29) is 5.56 Å². The van der Waals surface area contributed by atoms with Gasteiger partial charge in [0.1, 0.15) is 0 Å². The second-order valence-corrected chi connectivity index (χ2v) is 6.45. The van der Waals surface area contributed by atoms with Gasteiger partial charge in [-0.1, -0.05) is 11.6 Å². The lowest BCUT2D eigenvalue weighted by Gasteiger charge is -2.35. The number of rotatable bonds is 6. The Bertz CT molecular complexity index is 548. The van der Waals surface area contributed by atoms with Crippen LogP contribution in [0.25, 0.3) is 0 Å². The lowest BCUT2D eigenvalue weighted by molar-refractivity contribution is 0.373. The molecule has 0 aromatic carbocycles. The Balaban J connectivity index is 1.87. The summed E-state index contributed by atoms with van der Waals surface area (Å²) in [5.41, 5.74) is 1.28. The number of H-pyrrole nitrogens is 1. The van der Waals surface area contributed by atoms with E-state index in [2.05, 4.69) is 47.0 Å². The first-order chi connectivity index (χ1) is 10.6. The highest BCUT2D eigenvalue weighted by molar-refractivity contribution is 5.36. The minimum absolute atomic E-state index is 0.0974. The molecule has 2 atom stereocenters. The van der Waals surface area contributed by atoms with Crippen LogP contribution in [0, 0.1) is 0 Å². The maximum atomic E-state index is 11.9. The van der Waals surface area contributed by atoms with Crippen molar-refractivity contribution in [2.24, 2.45) is 0 Å². The number of hydrogen-bond donors (Lipinski definition) is 2. The number of nitrogens with one attached hydrogen (secondary N) is 2. The van der Waals surface area contributed by atoms with Crippen LogP contribution in [0.4, 0.5) is 5.82 Å². The summed E-state index contributed by atoms with van der Waals surface area (Å²) < 4.78 is 0. The minimum Gasteiger partial charge on any atom is -0.350 e. The zero-order chi connectivity index (χ0) is 15.9. The summed E-state index contributed by atoms with van der Waals surface area (Å²) in [6, 6.07) is 0.916. The molecule has 1 aliphatic rings. The highest BCUT2D eigenvalue weighted by Gasteiger charge is 2.23. The van der Waals surface area contributed by atoms with Gasteiger partial charge >= 0.3 is 0 Å². The summed E-state index contributed by atoms with van der Waals surface area (Å²) >= 11 is 0. The normalized spacial score (nSPS) is 19.8. The quantitative estimate of drug-likeness (QED) is 0.793. The third-order valence-electron chi connectivity index (χ3n) is 4.08. The number of anilines is 1. The summed E-state index contributed by atoms with van der Waals surface area (Å²) in [5.74, 6) is 0.547. The fourth-order valence-electron chi connectivity index (χ4n) is 2.98. The van der Waals surface area contributed by atoms with Crippen molar-refractivity contribution in [3.8, 4) is 0 Å². The van der Waals surface area contributed by atoms with Crippen LogP contribution in [0.1, 0.15) is 46.5 Å². The molecule has 0 unspecified atom stereocenters. The first kappa shape index (κ1) is 16.7. The van der Waals surface area contributed by atoms with E-state index in [1.54, 1.807) is 12.4 Å². The zero-order valence-corrected chi connectivity index (χ0v) is 13.9. The molecule has 1 saturated heterocycles. The van der Waals surface area contributed by atoms with E-state index in [0.717, 1.165) is 38.8 Å². The summed E-state index contributed by atoms with van der Waals surface area (Å²) in [5, 5.41) is 3.70. The number of hydrogen-bond acceptors (Lipinski definition) is 4. The van der Waals surface area contributed by atoms with E-state index in [4.69, 9.17) is 0 Å². The van der Waals surface area contributed by atoms with Crippen LogP contribution in [-0.2, 0) is 0 Å². The molecule has 5 heteroatoms. The Hall–Kier alpha value is -1.62. The summed E-state index contributed by atoms with van der Waals surface area (Å²) in [4.78, 5) is 20.9. The van der Waals surface area contributed by atoms with Gasteiger partial charge in [-0.25, -0.2) is 4.98 Å². The van der Waals surface area contributed by atoms with Crippen LogP contribution in [0.2, 0.25) is 0 Å². The molecule has 0 aliphatic carbocycles. The van der Waals surface area contributed by atoms with Crippen molar-refractivity contribution in [3.63, 3.8) is 0 Å². The van der Waals surface area contributed by atoms with Crippen molar-refractivity contribution in [3.05, 3.63) is 34.4 Å². The van der Waals surface area contributed by atoms with Crippen LogP contribution >= 0.6 is 0 Å². The second-order valence-electron chi connectivity index (χ2n) is 6.45. The van der Waals surface area contributed by atoms with Crippen molar-refractivity contribution >= 4 is 5.82 Å². The molecule has 1 aromatic rings. The van der Waals surface area contributed by atoms with Gasteiger partial charge in [0.15, 0.2) is 5.82 Å². The molecule has 1 aromatic heterocycles. The Labute approximate surface area is 132 Å². The highest BCUT2D eigenvalue weighted by atomic mass is 16.1. The molecule has 0 spiro atoms. The molecule has 0 radical (unpaired) electrons. The third-order valence-corrected chi connectivity index (χ3v) is 4.08. The molecular weight excluding hydrogens is 276 g/mol. The average molecular weight is 304 g/mol. The van der Waals surface area contributed by atoms with E-state index >= 15 is 0 Å². The fourth-order valence-corrected chi connectivity index (χ4v) is 2.98. The van der Waals surface area contributed by atoms with Gasteiger partial charge in [0.25, 0.3) is 5.56 Å². The predicted octanol–water partition coefficient (Wildman–Crippen LogP) is 2.46. The van der Waals surface area contributed by atoms with Crippen LogP contribution < -0.4 is 15.8 Å². The van der Waals surface area contributed by atoms with Crippen LogP contribution in [-0.4, -0.2) is 35.1 Å². The van der Waals surface area contributed by atoms with Gasteiger partial charge in [0.05, 0.1) is 0 Å². The Morgan fingerprint density at radius 3 is 3.14 bits per heavy atom. The van der Waals surface area contributed by atoms with Crippen LogP contribution in [0.5, 0.6) is 0 Å². The largest absolute Gasteiger partial charge is 0.350 e. The summed E-state index contributed by atoms with van der Waals surface area (Å²) in [6.07, 6.45) is 10.0. The zero-order valence-electron chi connectivity index (χ0n) is 13.9. The molecular formula is C17H28N4O. The van der Waals surface area contributed by atoms with Crippen molar-refractivity contribution in [1.29, 1.82) is 0 Å². The van der Waals surface area contributed by atoms with Crippen molar-refractivity contribution in [1.82, 2.24) is 15.3 Å². The summed E-state index contributed by atoms with van der Waals surface area (Å²) in [7, 11) is 0. The van der Waals surface area contributed by atoms with Crippen molar-refractivity contribution < 1.29 is 0 Å². The van der Waals surface area contributed by atoms with Gasteiger partial charge in [-0.05, 0) is 46.5 Å². The third kappa shape index (κ3) is 4.98. The van der Waals surface area contributed by atoms with Gasteiger partial charge in [0.2, 0.25) is 0 Å². The molecule has 1 aliphatic heterocycles. The molecule has 2 heterocycles. The Kier molecular flexibility index (Phi) is 6.19. The molecule has 2 N–H and O–H groups in total. The first-order valence-electron chi connectivity index (χ1n) is 8.24. The molecule has 1 fully saturated rings. The molecule has 2 rings (SSSR count). The lowest BCUT2D eigenvalue weighted by Crippen LogP contribution is -2.49. The molecule has 5 nitrogen and oxygen atoms in total. The van der Waals surface area contributed by atoms with E-state index in [9.17, 15) is 4.79 Å². The van der Waals surface area contributed by atoms with E-state index in [0.29, 0.717) is 17.9 Å². The Morgan fingerprint density at radius 2 is 2.41 bits per heavy atom. The first-order valence-corrected chi connectivity index (χ1v) is 8.24. The van der Waals surface area contributed by atoms with Crippen molar-refractivity contribution in [2.45, 2.75) is 58.5 Å². The molecule has 0 amide bonds. The molecule has 0 saturated carbocycles. The maximum absolute atomic E-state index is 11.9. The van der Waals surface area contributed by atoms with Gasteiger partial charge in [-0.2, -0.15) is 0 Å². The predicted molar refractivity (Wildman–Crippen MR) is 91.4 cm³/mol. The maximum Gasteiger partial charge on any atom is 0.290 e. The minimum atomic E-state index is -0.0974. The number of aromatic nitrogens is 2. The Morgan fingerprint density at radius 1 is 1.59 bits per heavy atom. The summed E-state index contributed by atoms with van der Waals surface area (Å²) in [6.45, 7) is 8.28. The number of aromatic amines is 1. The van der Waals surface area contributed by atoms with Gasteiger partial charge in [0, 0.05) is 37.6 Å². The molecule has 22 heavy (non-hydrogen) atoms. The lowest BCUT2D eigenvalue weighted by atomic mass is 10.0. The number of allylic oxidation sites excluding steroid dienone is 2. The standard InChI is InChI=1S/C17H28N4O/c1-13(2)6-4-7-14(3)20-15-8-5-11-21(12-15)16-17(22)19-10-9-18-16/h6,9-10,14-15,20H,4-5,7-8,11-12H2,1-3H3,(H,19,22)/t14-,15+/m1/s1. The number of piperidine rings is 1. The van der Waals surface area contributed by atoms with Crippen LogP contribution in [0.3, 0.4) is 0 Å². The SMILES string of the molecule is CC(C)=CCC[C@@H](C)N[C@H]1CCCN(c2ncc[nH]c2=O)C1. The van der Waals surface area contributed by atoms with Gasteiger partial charge in [-0.3, -0.25) is 4.79 Å². The molecule has 0 bridgehead atoms. The second kappa shape index (κ2) is 8.13. The smallest absolute Gasteiger partial charge is 0.290 e. The van der Waals surface area contributed by atoms with Gasteiger partial charge in [-0.15, -0.1) is 0 Å². The topological polar surface area (TPSA) is 61.0 Å². The fraction of sp³-hybridized carbons (Fsp3) is 0.647. The van der Waals surface area contributed by atoms with Gasteiger partial charge < -0.3 is 15.2 Å². The average Bonchev–Trinajstić information content (AvgIpc) is 2.47. The van der Waals surface area contributed by atoms with Crippen LogP contribution in [0.15, 0.2) is 28.8 Å². The van der Waals surface area contributed by atoms with E-state index in [1.807, 2.05) is 0 Å². The van der Waals surface area contributed by atoms with E-state index in [1.165, 1.54) is 5.57 Å². The number of nitrogens with zero attached hydrogens (tertiary/aromatic N) is 2. The monoisotopic (exact) mass is 304 g/mol. The van der Waals surface area contributed by atoms with Crippen molar-refractivity contribution in [2.75, 3.05) is 18.0 Å². The highest BCUT2D eigenvalue weighted by Crippen LogP contribution is 2.15.